The molecule has 0 unspecified atom stereocenters. The molecule has 0 spiro atoms. The molecule has 2 saturated heterocycles. The molecule has 4 amide bonds. The van der Waals surface area contributed by atoms with Gasteiger partial charge in [0.1, 0.15) is 6.04 Å². The maximum Gasteiger partial charge on any atom is 0.322 e. The zero-order chi connectivity index (χ0) is 24.2. The molecule has 2 aromatic rings. The van der Waals surface area contributed by atoms with E-state index in [2.05, 4.69) is 27.7 Å². The molecule has 2 N–H and O–H groups in total. The minimum atomic E-state index is -0.808. The van der Waals surface area contributed by atoms with E-state index in [4.69, 9.17) is 0 Å². The van der Waals surface area contributed by atoms with Crippen LogP contribution in [0.4, 0.5) is 16.2 Å². The highest BCUT2D eigenvalue weighted by Crippen LogP contribution is 2.30. The van der Waals surface area contributed by atoms with Crippen LogP contribution in [0, 0.1) is 0 Å². The molecule has 1 aliphatic carbocycles. The molecule has 0 radical (unpaired) electrons. The lowest BCUT2D eigenvalue weighted by molar-refractivity contribution is -0.140. The second kappa shape index (κ2) is 10.4. The number of hydrogen-bond donors (Lipinski definition) is 2. The molecule has 2 heterocycles. The van der Waals surface area contributed by atoms with E-state index in [1.54, 1.807) is 4.90 Å². The van der Waals surface area contributed by atoms with Gasteiger partial charge in [0, 0.05) is 43.6 Å². The molecule has 5 rings (SSSR count). The maximum atomic E-state index is 13.4. The van der Waals surface area contributed by atoms with E-state index in [-0.39, 0.29) is 36.3 Å². The lowest BCUT2D eigenvalue weighted by Crippen LogP contribution is -2.68. The van der Waals surface area contributed by atoms with E-state index in [0.717, 1.165) is 44.5 Å². The molecule has 2 aromatic carbocycles. The summed E-state index contributed by atoms with van der Waals surface area (Å²) in [5, 5.41) is 6.06. The highest BCUT2D eigenvalue weighted by atomic mass is 16.2. The summed E-state index contributed by atoms with van der Waals surface area (Å²) in [5.74, 6) is -0.308. The van der Waals surface area contributed by atoms with Crippen LogP contribution in [0.5, 0.6) is 0 Å². The van der Waals surface area contributed by atoms with Crippen molar-refractivity contribution in [2.24, 2.45) is 0 Å². The lowest BCUT2D eigenvalue weighted by atomic mass is 9.85. The smallest absolute Gasteiger partial charge is 0.322 e. The molecule has 3 aliphatic rings. The highest BCUT2D eigenvalue weighted by molar-refractivity contribution is 5.97. The molecule has 8 nitrogen and oxygen atoms in total. The van der Waals surface area contributed by atoms with Gasteiger partial charge in [-0.3, -0.25) is 9.59 Å². The monoisotopic (exact) mass is 475 g/mol. The quantitative estimate of drug-likeness (QED) is 0.712. The van der Waals surface area contributed by atoms with Crippen LogP contribution in [0.1, 0.15) is 32.1 Å². The van der Waals surface area contributed by atoms with Gasteiger partial charge in [-0.05, 0) is 37.1 Å². The number of nitrogens with zero attached hydrogens (tertiary/aromatic N) is 3. The number of piperazine rings is 2. The Morgan fingerprint density at radius 3 is 2.26 bits per heavy atom. The van der Waals surface area contributed by atoms with E-state index in [0.29, 0.717) is 18.8 Å². The first-order valence-electron chi connectivity index (χ1n) is 12.6. The van der Waals surface area contributed by atoms with Crippen molar-refractivity contribution in [2.75, 3.05) is 36.4 Å². The Bertz CT molecular complexity index is 1040. The van der Waals surface area contributed by atoms with Gasteiger partial charge in [-0.15, -0.1) is 0 Å². The van der Waals surface area contributed by atoms with Crippen molar-refractivity contribution in [2.45, 2.75) is 50.2 Å². The summed E-state index contributed by atoms with van der Waals surface area (Å²) in [6.45, 7) is 2.69. The zero-order valence-electron chi connectivity index (χ0n) is 19.9. The summed E-state index contributed by atoms with van der Waals surface area (Å²) in [7, 11) is 0. The number of anilines is 2. The predicted octanol–water partition coefficient (Wildman–Crippen LogP) is 3.07. The fourth-order valence-corrected chi connectivity index (χ4v) is 5.59. The Morgan fingerprint density at radius 2 is 1.54 bits per heavy atom. The predicted molar refractivity (Wildman–Crippen MR) is 135 cm³/mol. The minimum absolute atomic E-state index is 0.00258. The summed E-state index contributed by atoms with van der Waals surface area (Å²) >= 11 is 0. The van der Waals surface area contributed by atoms with Crippen LogP contribution in [0.2, 0.25) is 0 Å². The van der Waals surface area contributed by atoms with Crippen LogP contribution < -0.4 is 15.5 Å². The second-order valence-electron chi connectivity index (χ2n) is 9.59. The van der Waals surface area contributed by atoms with Gasteiger partial charge in [0.25, 0.3) is 0 Å². The average molecular weight is 476 g/mol. The molecule has 184 valence electrons. The van der Waals surface area contributed by atoms with Crippen LogP contribution in [0.15, 0.2) is 60.7 Å². The van der Waals surface area contributed by atoms with Gasteiger partial charge in [-0.2, -0.15) is 0 Å². The molecule has 2 aliphatic heterocycles. The third-order valence-electron chi connectivity index (χ3n) is 7.43. The average Bonchev–Trinajstić information content (AvgIpc) is 2.90. The first-order chi connectivity index (χ1) is 17.1. The summed E-state index contributed by atoms with van der Waals surface area (Å²) in [6, 6.07) is 18.2. The Labute approximate surface area is 206 Å². The number of hydrogen-bond acceptors (Lipinski definition) is 4. The van der Waals surface area contributed by atoms with Crippen molar-refractivity contribution < 1.29 is 14.4 Å². The van der Waals surface area contributed by atoms with Crippen molar-refractivity contribution >= 4 is 29.2 Å². The van der Waals surface area contributed by atoms with E-state index >= 15 is 0 Å². The Hall–Kier alpha value is -3.55. The number of amides is 4. The van der Waals surface area contributed by atoms with Crippen LogP contribution in [0.25, 0.3) is 0 Å². The number of para-hydroxylation sites is 2. The molecular weight excluding hydrogens is 442 g/mol. The number of carbonyl (C=O) groups is 3. The first-order valence-corrected chi connectivity index (χ1v) is 12.6. The van der Waals surface area contributed by atoms with Gasteiger partial charge in [0.2, 0.25) is 11.8 Å². The van der Waals surface area contributed by atoms with Gasteiger partial charge in [0.15, 0.2) is 0 Å². The summed E-state index contributed by atoms with van der Waals surface area (Å²) in [6.07, 6.45) is 3.73. The standard InChI is InChI=1S/C27H33N5O3/c33-25(31-17-15-30(16-18-31)21-11-5-2-6-12-21)19-24-26(34)29-22-13-7-8-14-23(22)32(24)27(35)28-20-9-3-1-4-10-20/h1-6,9-12,22-24H,7-8,13-19H2,(H,28,35)(H,29,34)/t22-,23-,24+/m0/s1. The van der Waals surface area contributed by atoms with Gasteiger partial charge in [-0.1, -0.05) is 49.2 Å². The van der Waals surface area contributed by atoms with Crippen molar-refractivity contribution in [3.05, 3.63) is 60.7 Å². The molecule has 0 aromatic heterocycles. The Morgan fingerprint density at radius 1 is 0.886 bits per heavy atom. The van der Waals surface area contributed by atoms with Crippen LogP contribution in [-0.4, -0.2) is 71.9 Å². The lowest BCUT2D eigenvalue weighted by Gasteiger charge is -2.48. The van der Waals surface area contributed by atoms with Crippen LogP contribution in [0.3, 0.4) is 0 Å². The molecule has 3 fully saturated rings. The summed E-state index contributed by atoms with van der Waals surface area (Å²) in [5.41, 5.74) is 1.83. The number of carbonyl (C=O) groups excluding carboxylic acids is 3. The summed E-state index contributed by atoms with van der Waals surface area (Å²) in [4.78, 5) is 45.7. The largest absolute Gasteiger partial charge is 0.368 e. The Balaban J connectivity index is 1.28. The molecule has 1 saturated carbocycles. The third kappa shape index (κ3) is 5.11. The van der Waals surface area contributed by atoms with E-state index in [9.17, 15) is 14.4 Å². The second-order valence-corrected chi connectivity index (χ2v) is 9.59. The van der Waals surface area contributed by atoms with Gasteiger partial charge in [0.05, 0.1) is 12.5 Å². The van der Waals surface area contributed by atoms with Gasteiger partial charge >= 0.3 is 6.03 Å². The highest BCUT2D eigenvalue weighted by Gasteiger charge is 2.46. The van der Waals surface area contributed by atoms with E-state index in [1.165, 1.54) is 0 Å². The molecule has 0 bridgehead atoms. The maximum absolute atomic E-state index is 13.4. The number of rotatable bonds is 4. The summed E-state index contributed by atoms with van der Waals surface area (Å²) < 4.78 is 0. The fraction of sp³-hybridized carbons (Fsp3) is 0.444. The Kier molecular flexibility index (Phi) is 6.88. The van der Waals surface area contributed by atoms with E-state index in [1.807, 2.05) is 53.4 Å². The number of urea groups is 1. The normalized spacial score (nSPS) is 24.4. The first kappa shape index (κ1) is 23.2. The SMILES string of the molecule is O=C1N[C@H]2CCCC[C@@H]2N(C(=O)Nc2ccccc2)[C@@H]1CC(=O)N1CCN(c2ccccc2)CC1. The fourth-order valence-electron chi connectivity index (χ4n) is 5.59. The van der Waals surface area contributed by atoms with Crippen molar-refractivity contribution in [1.29, 1.82) is 0 Å². The van der Waals surface area contributed by atoms with Crippen LogP contribution >= 0.6 is 0 Å². The molecular formula is C27H33N5O3. The minimum Gasteiger partial charge on any atom is -0.368 e. The molecule has 8 heteroatoms. The zero-order valence-corrected chi connectivity index (χ0v) is 19.9. The van der Waals surface area contributed by atoms with Gasteiger partial charge in [-0.25, -0.2) is 4.79 Å². The van der Waals surface area contributed by atoms with Crippen molar-refractivity contribution in [3.8, 4) is 0 Å². The van der Waals surface area contributed by atoms with Crippen molar-refractivity contribution in [1.82, 2.24) is 15.1 Å². The third-order valence-corrected chi connectivity index (χ3v) is 7.43. The topological polar surface area (TPSA) is 85.0 Å². The number of nitrogens with one attached hydrogen (secondary N) is 2. The molecule has 35 heavy (non-hydrogen) atoms. The number of fused-ring (bicyclic) bond motifs is 1. The van der Waals surface area contributed by atoms with Crippen molar-refractivity contribution in [3.63, 3.8) is 0 Å². The van der Waals surface area contributed by atoms with Crippen LogP contribution in [-0.2, 0) is 9.59 Å². The van der Waals surface area contributed by atoms with Gasteiger partial charge < -0.3 is 25.3 Å². The number of benzene rings is 2. The molecule has 3 atom stereocenters. The van der Waals surface area contributed by atoms with E-state index < -0.39 is 6.04 Å².